The van der Waals surface area contributed by atoms with Gasteiger partial charge in [0.25, 0.3) is 0 Å². The molecule has 1 amide bonds. The Morgan fingerprint density at radius 3 is 2.53 bits per heavy atom. The zero-order chi connectivity index (χ0) is 22.7. The second-order valence-corrected chi connectivity index (χ2v) is 9.48. The van der Waals surface area contributed by atoms with Crippen molar-refractivity contribution in [1.29, 1.82) is 0 Å². The van der Waals surface area contributed by atoms with Gasteiger partial charge in [-0.3, -0.25) is 0 Å². The molecule has 2 aliphatic rings. The molecule has 7 heteroatoms. The van der Waals surface area contributed by atoms with E-state index in [1.165, 1.54) is 0 Å². The van der Waals surface area contributed by atoms with Gasteiger partial charge < -0.3 is 28.6 Å². The third-order valence-corrected chi connectivity index (χ3v) is 5.53. The van der Waals surface area contributed by atoms with Crippen LogP contribution < -0.4 is 4.74 Å². The van der Waals surface area contributed by atoms with E-state index in [0.717, 1.165) is 35.1 Å². The van der Waals surface area contributed by atoms with Gasteiger partial charge in [-0.05, 0) is 43.9 Å². The SMILES string of the molecule is COc1cc(COC2CC(OC[C@@H]3CO3)CN(C(=O)OC(C)(C)C)C2)cc2ccccc12. The predicted molar refractivity (Wildman–Crippen MR) is 121 cm³/mol. The largest absolute Gasteiger partial charge is 0.496 e. The molecule has 2 aromatic rings. The molecule has 0 aliphatic carbocycles. The number of amides is 1. The molecular formula is C25H33NO6. The van der Waals surface area contributed by atoms with Crippen molar-refractivity contribution >= 4 is 16.9 Å². The van der Waals surface area contributed by atoms with Crippen LogP contribution in [0.25, 0.3) is 10.8 Å². The van der Waals surface area contributed by atoms with E-state index in [2.05, 4.69) is 12.1 Å². The van der Waals surface area contributed by atoms with Gasteiger partial charge in [-0.25, -0.2) is 4.79 Å². The lowest BCUT2D eigenvalue weighted by molar-refractivity contribution is -0.0823. The third kappa shape index (κ3) is 6.12. The lowest BCUT2D eigenvalue weighted by Gasteiger charge is -2.38. The summed E-state index contributed by atoms with van der Waals surface area (Å²) in [5, 5.41) is 2.18. The minimum atomic E-state index is -0.551. The van der Waals surface area contributed by atoms with Gasteiger partial charge >= 0.3 is 6.09 Å². The van der Waals surface area contributed by atoms with Crippen molar-refractivity contribution in [3.8, 4) is 5.75 Å². The second kappa shape index (κ2) is 9.65. The first-order valence-electron chi connectivity index (χ1n) is 11.2. The van der Waals surface area contributed by atoms with Crippen molar-refractivity contribution < 1.29 is 28.5 Å². The van der Waals surface area contributed by atoms with E-state index in [1.807, 2.05) is 45.0 Å². The van der Waals surface area contributed by atoms with Gasteiger partial charge in [0, 0.05) is 11.8 Å². The molecule has 0 N–H and O–H groups in total. The fraction of sp³-hybridized carbons (Fsp3) is 0.560. The molecule has 2 saturated heterocycles. The van der Waals surface area contributed by atoms with Crippen LogP contribution in [-0.4, -0.2) is 68.3 Å². The highest BCUT2D eigenvalue weighted by atomic mass is 16.6. The average Bonchev–Trinajstić information content (AvgIpc) is 3.59. The topological polar surface area (TPSA) is 69.8 Å². The summed E-state index contributed by atoms with van der Waals surface area (Å²) in [5.41, 5.74) is 0.476. The standard InChI is InChI=1S/C25H33NO6/c1-25(2,3)32-24(27)26-12-19(11-20(13-26)30-15-21-16-31-21)29-14-17-9-18-7-5-6-8-22(18)23(10-17)28-4/h5-10,19-21H,11-16H2,1-4H3/t19?,20?,21-/m1/s1. The Labute approximate surface area is 189 Å². The normalized spacial score (nSPS) is 23.2. The first-order valence-corrected chi connectivity index (χ1v) is 11.2. The number of carbonyl (C=O) groups is 1. The Morgan fingerprint density at radius 2 is 1.84 bits per heavy atom. The van der Waals surface area contributed by atoms with Crippen molar-refractivity contribution in [3.05, 3.63) is 42.0 Å². The smallest absolute Gasteiger partial charge is 0.410 e. The van der Waals surface area contributed by atoms with Crippen molar-refractivity contribution in [2.45, 2.75) is 57.7 Å². The highest BCUT2D eigenvalue weighted by Gasteiger charge is 2.35. The Kier molecular flexibility index (Phi) is 6.88. The second-order valence-electron chi connectivity index (χ2n) is 9.48. The molecule has 7 nitrogen and oxygen atoms in total. The summed E-state index contributed by atoms with van der Waals surface area (Å²) < 4.78 is 28.7. The van der Waals surface area contributed by atoms with E-state index in [9.17, 15) is 4.79 Å². The molecule has 4 rings (SSSR count). The molecule has 3 atom stereocenters. The molecule has 0 spiro atoms. The molecule has 2 aromatic carbocycles. The van der Waals surface area contributed by atoms with Crippen LogP contribution in [0.3, 0.4) is 0 Å². The summed E-state index contributed by atoms with van der Waals surface area (Å²) in [6.45, 7) is 8.28. The quantitative estimate of drug-likeness (QED) is 0.599. The zero-order valence-corrected chi connectivity index (χ0v) is 19.3. The van der Waals surface area contributed by atoms with E-state index in [4.69, 9.17) is 23.7 Å². The Hall–Kier alpha value is -2.35. The van der Waals surface area contributed by atoms with Gasteiger partial charge in [0.1, 0.15) is 17.5 Å². The molecule has 2 fully saturated rings. The minimum absolute atomic E-state index is 0.114. The molecule has 0 saturated carbocycles. The predicted octanol–water partition coefficient (Wildman–Crippen LogP) is 4.16. The van der Waals surface area contributed by atoms with Crippen LogP contribution in [0.2, 0.25) is 0 Å². The summed E-state index contributed by atoms with van der Waals surface area (Å²) in [4.78, 5) is 14.4. The summed E-state index contributed by atoms with van der Waals surface area (Å²) >= 11 is 0. The summed E-state index contributed by atoms with van der Waals surface area (Å²) in [6.07, 6.45) is 0.290. The van der Waals surface area contributed by atoms with Crippen molar-refractivity contribution in [3.63, 3.8) is 0 Å². The lowest BCUT2D eigenvalue weighted by atomic mass is 10.0. The highest BCUT2D eigenvalue weighted by Crippen LogP contribution is 2.28. The molecule has 2 unspecified atom stereocenters. The zero-order valence-electron chi connectivity index (χ0n) is 19.3. The molecule has 2 heterocycles. The molecule has 2 aliphatic heterocycles. The maximum Gasteiger partial charge on any atom is 0.410 e. The molecule has 32 heavy (non-hydrogen) atoms. The summed E-state index contributed by atoms with van der Waals surface area (Å²) in [6, 6.07) is 12.2. The number of likely N-dealkylation sites (tertiary alicyclic amines) is 1. The first kappa shape index (κ1) is 22.8. The molecule has 0 radical (unpaired) electrons. The number of benzene rings is 2. The van der Waals surface area contributed by atoms with E-state index in [0.29, 0.717) is 26.3 Å². The molecule has 174 valence electrons. The number of hydrogen-bond acceptors (Lipinski definition) is 6. The third-order valence-electron chi connectivity index (χ3n) is 5.53. The van der Waals surface area contributed by atoms with Crippen LogP contribution in [0.4, 0.5) is 4.79 Å². The van der Waals surface area contributed by atoms with Crippen molar-refractivity contribution in [2.24, 2.45) is 0 Å². The van der Waals surface area contributed by atoms with Crippen LogP contribution in [-0.2, 0) is 25.6 Å². The van der Waals surface area contributed by atoms with Crippen LogP contribution >= 0.6 is 0 Å². The number of fused-ring (bicyclic) bond motifs is 1. The summed E-state index contributed by atoms with van der Waals surface area (Å²) in [5.74, 6) is 0.825. The maximum absolute atomic E-state index is 12.7. The van der Waals surface area contributed by atoms with Gasteiger partial charge in [0.2, 0.25) is 0 Å². The van der Waals surface area contributed by atoms with E-state index in [-0.39, 0.29) is 24.4 Å². The fourth-order valence-corrected chi connectivity index (χ4v) is 3.93. The van der Waals surface area contributed by atoms with Crippen LogP contribution in [0.1, 0.15) is 32.8 Å². The monoisotopic (exact) mass is 443 g/mol. The molecule has 0 bridgehead atoms. The molecule has 0 aromatic heterocycles. The number of methoxy groups -OCH3 is 1. The number of piperidine rings is 1. The van der Waals surface area contributed by atoms with E-state index >= 15 is 0 Å². The van der Waals surface area contributed by atoms with Gasteiger partial charge in [-0.1, -0.05) is 24.3 Å². The minimum Gasteiger partial charge on any atom is -0.496 e. The Balaban J connectivity index is 1.43. The van der Waals surface area contributed by atoms with Crippen molar-refractivity contribution in [1.82, 2.24) is 4.90 Å². The van der Waals surface area contributed by atoms with Gasteiger partial charge in [0.15, 0.2) is 0 Å². The number of epoxide rings is 1. The highest BCUT2D eigenvalue weighted by molar-refractivity contribution is 5.89. The first-order chi connectivity index (χ1) is 15.3. The Morgan fingerprint density at radius 1 is 1.12 bits per heavy atom. The number of hydrogen-bond donors (Lipinski definition) is 0. The van der Waals surface area contributed by atoms with Crippen LogP contribution in [0, 0.1) is 0 Å². The van der Waals surface area contributed by atoms with Crippen LogP contribution in [0.15, 0.2) is 36.4 Å². The number of ether oxygens (including phenoxy) is 5. The van der Waals surface area contributed by atoms with Gasteiger partial charge in [-0.2, -0.15) is 0 Å². The number of carbonyl (C=O) groups excluding carboxylic acids is 1. The molecular weight excluding hydrogens is 410 g/mol. The van der Waals surface area contributed by atoms with Crippen molar-refractivity contribution in [2.75, 3.05) is 33.4 Å². The number of nitrogens with zero attached hydrogens (tertiary/aromatic N) is 1. The summed E-state index contributed by atoms with van der Waals surface area (Å²) in [7, 11) is 1.68. The lowest BCUT2D eigenvalue weighted by Crippen LogP contribution is -2.51. The van der Waals surface area contributed by atoms with Gasteiger partial charge in [0.05, 0.1) is 52.2 Å². The van der Waals surface area contributed by atoms with Crippen LogP contribution in [0.5, 0.6) is 5.75 Å². The van der Waals surface area contributed by atoms with E-state index < -0.39 is 5.60 Å². The number of rotatable bonds is 7. The average molecular weight is 444 g/mol. The van der Waals surface area contributed by atoms with Gasteiger partial charge in [-0.15, -0.1) is 0 Å². The van der Waals surface area contributed by atoms with E-state index in [1.54, 1.807) is 12.0 Å². The Bertz CT molecular complexity index is 936. The fourth-order valence-electron chi connectivity index (χ4n) is 3.93. The maximum atomic E-state index is 12.7.